The second-order valence-electron chi connectivity index (χ2n) is 4.49. The first-order chi connectivity index (χ1) is 8.08. The van der Waals surface area contributed by atoms with E-state index in [4.69, 9.17) is 5.73 Å². The van der Waals surface area contributed by atoms with E-state index in [9.17, 15) is 0 Å². The Labute approximate surface area is 106 Å². The van der Waals surface area contributed by atoms with Crippen LogP contribution in [0, 0.1) is 13.8 Å². The molecule has 0 saturated carbocycles. The van der Waals surface area contributed by atoms with Gasteiger partial charge in [0.15, 0.2) is 0 Å². The summed E-state index contributed by atoms with van der Waals surface area (Å²) in [5, 5.41) is 0. The van der Waals surface area contributed by atoms with Crippen molar-refractivity contribution < 1.29 is 0 Å². The summed E-state index contributed by atoms with van der Waals surface area (Å²) < 4.78 is 2.05. The number of thiophene rings is 1. The number of aryl methyl sites for hydroxylation is 4. The topological polar surface area (TPSA) is 43.8 Å². The summed E-state index contributed by atoms with van der Waals surface area (Å²) >= 11 is 1.81. The normalized spacial score (nSPS) is 12.9. The maximum absolute atomic E-state index is 6.22. The van der Waals surface area contributed by atoms with Crippen LogP contribution in [0.1, 0.15) is 33.6 Å². The first-order valence-corrected chi connectivity index (χ1v) is 6.68. The Bertz CT molecular complexity index is 479. The van der Waals surface area contributed by atoms with Gasteiger partial charge in [0.2, 0.25) is 0 Å². The molecule has 17 heavy (non-hydrogen) atoms. The Hall–Kier alpha value is -1.13. The number of hydrogen-bond donors (Lipinski definition) is 1. The van der Waals surface area contributed by atoms with Crippen LogP contribution in [0.15, 0.2) is 18.5 Å². The Kier molecular flexibility index (Phi) is 3.64. The lowest BCUT2D eigenvalue weighted by Gasteiger charge is -2.09. The fourth-order valence-corrected chi connectivity index (χ4v) is 2.93. The lowest BCUT2D eigenvalue weighted by atomic mass is 10.1. The molecular weight excluding hydrogens is 230 g/mol. The molecular formula is C13H19N3S. The van der Waals surface area contributed by atoms with Gasteiger partial charge in [0.25, 0.3) is 0 Å². The second kappa shape index (κ2) is 5.02. The average molecular weight is 249 g/mol. The van der Waals surface area contributed by atoms with Crippen LogP contribution in [0.25, 0.3) is 0 Å². The summed E-state index contributed by atoms with van der Waals surface area (Å²) in [6, 6.07) is 2.34. The van der Waals surface area contributed by atoms with Gasteiger partial charge in [-0.05, 0) is 31.9 Å². The molecule has 2 aromatic heterocycles. The molecule has 0 fully saturated rings. The van der Waals surface area contributed by atoms with E-state index in [2.05, 4.69) is 29.5 Å². The third-order valence-corrected chi connectivity index (χ3v) is 4.43. The molecule has 0 amide bonds. The van der Waals surface area contributed by atoms with E-state index in [-0.39, 0.29) is 6.04 Å². The summed E-state index contributed by atoms with van der Waals surface area (Å²) in [6.07, 6.45) is 5.69. The van der Waals surface area contributed by atoms with E-state index < -0.39 is 0 Å². The van der Waals surface area contributed by atoms with Crippen molar-refractivity contribution in [2.75, 3.05) is 0 Å². The minimum Gasteiger partial charge on any atom is -0.338 e. The molecule has 2 heterocycles. The summed E-state index contributed by atoms with van der Waals surface area (Å²) in [5.41, 5.74) is 7.56. The molecule has 0 aromatic carbocycles. The highest BCUT2D eigenvalue weighted by atomic mass is 32.1. The molecule has 2 aromatic rings. The molecule has 92 valence electrons. The SMILES string of the molecule is Cc1cc(C(N)CCc2nccn2C)sc1C. The number of aromatic nitrogens is 2. The quantitative estimate of drug-likeness (QED) is 0.905. The zero-order valence-electron chi connectivity index (χ0n) is 10.6. The Balaban J connectivity index is 1.98. The van der Waals surface area contributed by atoms with E-state index in [1.807, 2.05) is 30.8 Å². The lowest BCUT2D eigenvalue weighted by molar-refractivity contribution is 0.628. The van der Waals surface area contributed by atoms with E-state index in [0.717, 1.165) is 18.7 Å². The predicted octanol–water partition coefficient (Wildman–Crippen LogP) is 2.73. The highest BCUT2D eigenvalue weighted by Crippen LogP contribution is 2.27. The molecule has 0 aliphatic rings. The fraction of sp³-hybridized carbons (Fsp3) is 0.462. The van der Waals surface area contributed by atoms with Crippen LogP contribution in [0.4, 0.5) is 0 Å². The van der Waals surface area contributed by atoms with Crippen LogP contribution >= 0.6 is 11.3 Å². The number of nitrogens with zero attached hydrogens (tertiary/aromatic N) is 2. The molecule has 0 saturated heterocycles. The average Bonchev–Trinajstić information content (AvgIpc) is 2.83. The molecule has 0 spiro atoms. The molecule has 4 heteroatoms. The summed E-state index contributed by atoms with van der Waals surface area (Å²) in [5.74, 6) is 1.10. The molecule has 0 bridgehead atoms. The van der Waals surface area contributed by atoms with Crippen molar-refractivity contribution in [2.45, 2.75) is 32.7 Å². The van der Waals surface area contributed by atoms with Crippen LogP contribution in [0.3, 0.4) is 0 Å². The zero-order valence-corrected chi connectivity index (χ0v) is 11.4. The van der Waals surface area contributed by atoms with Gasteiger partial charge >= 0.3 is 0 Å². The monoisotopic (exact) mass is 249 g/mol. The predicted molar refractivity (Wildman–Crippen MR) is 72.3 cm³/mol. The van der Waals surface area contributed by atoms with Gasteiger partial charge in [-0.3, -0.25) is 0 Å². The molecule has 1 atom stereocenters. The molecule has 3 nitrogen and oxygen atoms in total. The van der Waals surface area contributed by atoms with Gasteiger partial charge < -0.3 is 10.3 Å². The van der Waals surface area contributed by atoms with Gasteiger partial charge in [-0.25, -0.2) is 4.98 Å². The minimum absolute atomic E-state index is 0.129. The van der Waals surface area contributed by atoms with Crippen molar-refractivity contribution in [1.82, 2.24) is 9.55 Å². The second-order valence-corrected chi connectivity index (χ2v) is 5.78. The van der Waals surface area contributed by atoms with E-state index >= 15 is 0 Å². The summed E-state index contributed by atoms with van der Waals surface area (Å²) in [7, 11) is 2.02. The lowest BCUT2D eigenvalue weighted by Crippen LogP contribution is -2.11. The molecule has 0 aliphatic carbocycles. The van der Waals surface area contributed by atoms with Gasteiger partial charge in [0, 0.05) is 41.7 Å². The van der Waals surface area contributed by atoms with E-state index in [0.29, 0.717) is 0 Å². The third-order valence-electron chi connectivity index (χ3n) is 3.15. The number of rotatable bonds is 4. The van der Waals surface area contributed by atoms with Gasteiger partial charge in [-0.1, -0.05) is 0 Å². The molecule has 2 N–H and O–H groups in total. The van der Waals surface area contributed by atoms with Gasteiger partial charge in [-0.2, -0.15) is 0 Å². The minimum atomic E-state index is 0.129. The van der Waals surface area contributed by atoms with Crippen molar-refractivity contribution in [1.29, 1.82) is 0 Å². The van der Waals surface area contributed by atoms with E-state index in [1.165, 1.54) is 15.3 Å². The maximum atomic E-state index is 6.22. The van der Waals surface area contributed by atoms with Gasteiger partial charge in [-0.15, -0.1) is 11.3 Å². The fourth-order valence-electron chi connectivity index (χ4n) is 1.85. The van der Waals surface area contributed by atoms with Crippen LogP contribution < -0.4 is 5.73 Å². The zero-order chi connectivity index (χ0) is 12.4. The first-order valence-electron chi connectivity index (χ1n) is 5.86. The van der Waals surface area contributed by atoms with Crippen molar-refractivity contribution in [2.24, 2.45) is 12.8 Å². The molecule has 0 aliphatic heterocycles. The van der Waals surface area contributed by atoms with Crippen molar-refractivity contribution in [3.63, 3.8) is 0 Å². The molecule has 1 unspecified atom stereocenters. The third kappa shape index (κ3) is 2.76. The number of imidazole rings is 1. The van der Waals surface area contributed by atoms with Gasteiger partial charge in [0.05, 0.1) is 0 Å². The number of nitrogens with two attached hydrogens (primary N) is 1. The first kappa shape index (κ1) is 12.3. The van der Waals surface area contributed by atoms with E-state index in [1.54, 1.807) is 0 Å². The van der Waals surface area contributed by atoms with Crippen molar-refractivity contribution in [3.05, 3.63) is 39.6 Å². The van der Waals surface area contributed by atoms with Crippen molar-refractivity contribution in [3.8, 4) is 0 Å². The Morgan fingerprint density at radius 1 is 1.47 bits per heavy atom. The van der Waals surface area contributed by atoms with Crippen LogP contribution in [0.5, 0.6) is 0 Å². The standard InChI is InChI=1S/C13H19N3S/c1-9-8-12(17-10(9)2)11(14)4-5-13-15-6-7-16(13)3/h6-8,11H,4-5,14H2,1-3H3. The van der Waals surface area contributed by atoms with Crippen LogP contribution in [-0.4, -0.2) is 9.55 Å². The highest BCUT2D eigenvalue weighted by Gasteiger charge is 2.11. The molecule has 2 rings (SSSR count). The summed E-state index contributed by atoms with van der Waals surface area (Å²) in [4.78, 5) is 6.97. The number of hydrogen-bond acceptors (Lipinski definition) is 3. The molecule has 0 radical (unpaired) electrons. The summed E-state index contributed by atoms with van der Waals surface area (Å²) in [6.45, 7) is 4.29. The van der Waals surface area contributed by atoms with Crippen LogP contribution in [-0.2, 0) is 13.5 Å². The largest absolute Gasteiger partial charge is 0.338 e. The Morgan fingerprint density at radius 3 is 2.76 bits per heavy atom. The van der Waals surface area contributed by atoms with Crippen LogP contribution in [0.2, 0.25) is 0 Å². The van der Waals surface area contributed by atoms with Gasteiger partial charge in [0.1, 0.15) is 5.82 Å². The van der Waals surface area contributed by atoms with Crippen molar-refractivity contribution >= 4 is 11.3 Å². The smallest absolute Gasteiger partial charge is 0.108 e. The highest BCUT2D eigenvalue weighted by molar-refractivity contribution is 7.12. The Morgan fingerprint density at radius 2 is 2.24 bits per heavy atom. The maximum Gasteiger partial charge on any atom is 0.108 e.